The molecular formula is C31H43F3N8O4. The molecule has 252 valence electrons. The normalized spacial score (nSPS) is 21.8. The average Bonchev–Trinajstić information content (AvgIpc) is 3.03. The van der Waals surface area contributed by atoms with Crippen molar-refractivity contribution in [3.63, 3.8) is 0 Å². The second-order valence-electron chi connectivity index (χ2n) is 12.1. The first-order valence-corrected chi connectivity index (χ1v) is 15.8. The molecule has 2 unspecified atom stereocenters. The Balaban J connectivity index is 1.29. The maximum absolute atomic E-state index is 14.1. The predicted octanol–water partition coefficient (Wildman–Crippen LogP) is 3.24. The van der Waals surface area contributed by atoms with E-state index in [9.17, 15) is 22.8 Å². The predicted molar refractivity (Wildman–Crippen MR) is 166 cm³/mol. The SMILES string of the molecule is COc1cc(C(=O)NC2CCN(C)CC2)ccc1Nc1ncc(C(F)(F)F)c(NC2CCCCC2NC(=O)CN2CCOCC2)n1. The molecule has 12 nitrogen and oxygen atoms in total. The molecule has 2 aliphatic heterocycles. The highest BCUT2D eigenvalue weighted by atomic mass is 19.4. The van der Waals surface area contributed by atoms with Crippen LogP contribution in [0, 0.1) is 0 Å². The van der Waals surface area contributed by atoms with E-state index in [1.807, 2.05) is 4.90 Å². The van der Waals surface area contributed by atoms with Gasteiger partial charge >= 0.3 is 6.18 Å². The zero-order chi connectivity index (χ0) is 32.7. The van der Waals surface area contributed by atoms with E-state index >= 15 is 0 Å². The van der Waals surface area contributed by atoms with E-state index in [-0.39, 0.29) is 42.2 Å². The molecule has 4 N–H and O–H groups in total. The van der Waals surface area contributed by atoms with Gasteiger partial charge in [-0.1, -0.05) is 12.8 Å². The number of piperidine rings is 1. The van der Waals surface area contributed by atoms with Crippen molar-refractivity contribution in [2.24, 2.45) is 0 Å². The van der Waals surface area contributed by atoms with Crippen molar-refractivity contribution >= 4 is 29.3 Å². The van der Waals surface area contributed by atoms with Crippen LogP contribution in [0.25, 0.3) is 0 Å². The number of hydrogen-bond donors (Lipinski definition) is 4. The maximum Gasteiger partial charge on any atom is 0.421 e. The Hall–Kier alpha value is -3.69. The number of methoxy groups -OCH3 is 1. The topological polar surface area (TPSA) is 133 Å². The molecule has 15 heteroatoms. The van der Waals surface area contributed by atoms with Crippen LogP contribution in [-0.2, 0) is 15.7 Å². The Kier molecular flexibility index (Phi) is 11.2. The quantitative estimate of drug-likeness (QED) is 0.305. The largest absolute Gasteiger partial charge is 0.495 e. The van der Waals surface area contributed by atoms with Gasteiger partial charge in [0.25, 0.3) is 5.91 Å². The lowest BCUT2D eigenvalue weighted by Gasteiger charge is -2.34. The number of carbonyl (C=O) groups is 2. The molecule has 3 aliphatic rings. The van der Waals surface area contributed by atoms with Gasteiger partial charge in [0.2, 0.25) is 11.9 Å². The molecule has 1 aromatic carbocycles. The van der Waals surface area contributed by atoms with E-state index < -0.39 is 17.8 Å². The fourth-order valence-electron chi connectivity index (χ4n) is 6.10. The van der Waals surface area contributed by atoms with Crippen molar-refractivity contribution in [2.75, 3.05) is 70.7 Å². The Labute approximate surface area is 266 Å². The molecule has 5 rings (SSSR count). The van der Waals surface area contributed by atoms with Crippen LogP contribution in [-0.4, -0.2) is 110 Å². The lowest BCUT2D eigenvalue weighted by molar-refractivity contribution is -0.137. The van der Waals surface area contributed by atoms with E-state index in [0.717, 1.165) is 45.0 Å². The molecule has 0 radical (unpaired) electrons. The number of likely N-dealkylation sites (tertiary alicyclic amines) is 1. The van der Waals surface area contributed by atoms with Gasteiger partial charge in [0.1, 0.15) is 17.1 Å². The highest BCUT2D eigenvalue weighted by Crippen LogP contribution is 2.36. The van der Waals surface area contributed by atoms with Gasteiger partial charge in [-0.25, -0.2) is 4.98 Å². The summed E-state index contributed by atoms with van der Waals surface area (Å²) in [7, 11) is 3.49. The number of alkyl halides is 3. The smallest absolute Gasteiger partial charge is 0.421 e. The Morgan fingerprint density at radius 1 is 1.02 bits per heavy atom. The number of rotatable bonds is 10. The first kappa shape index (κ1) is 33.7. The molecule has 1 saturated carbocycles. The summed E-state index contributed by atoms with van der Waals surface area (Å²) < 4.78 is 53.0. The number of amides is 2. The van der Waals surface area contributed by atoms with Gasteiger partial charge in [-0.3, -0.25) is 14.5 Å². The minimum Gasteiger partial charge on any atom is -0.495 e. The van der Waals surface area contributed by atoms with Gasteiger partial charge in [0.05, 0.1) is 32.6 Å². The fourth-order valence-corrected chi connectivity index (χ4v) is 6.10. The van der Waals surface area contributed by atoms with Gasteiger partial charge in [-0.05, 0) is 64.0 Å². The van der Waals surface area contributed by atoms with Crippen LogP contribution < -0.4 is 26.0 Å². The van der Waals surface area contributed by atoms with Crippen molar-refractivity contribution in [3.05, 3.63) is 35.5 Å². The number of halogens is 3. The lowest BCUT2D eigenvalue weighted by atomic mass is 9.90. The van der Waals surface area contributed by atoms with Crippen molar-refractivity contribution < 1.29 is 32.2 Å². The standard InChI is InChI=1S/C31H43F3N8O4/c1-41-11-9-21(10-12-41)36-29(44)20-7-8-25(26(17-20)45-2)39-30-35-18-22(31(32,33)34)28(40-30)38-24-6-4-3-5-23(24)37-27(43)19-42-13-15-46-16-14-42/h7-8,17-18,21,23-24H,3-6,9-16,19H2,1-2H3,(H,36,44)(H,37,43)(H2,35,38,39,40). The molecule has 2 aromatic rings. The van der Waals surface area contributed by atoms with Crippen LogP contribution in [0.15, 0.2) is 24.4 Å². The molecule has 3 fully saturated rings. The molecule has 3 heterocycles. The van der Waals surface area contributed by atoms with Crippen molar-refractivity contribution in [2.45, 2.75) is 62.8 Å². The maximum atomic E-state index is 14.1. The summed E-state index contributed by atoms with van der Waals surface area (Å²) in [6, 6.07) is 4.07. The van der Waals surface area contributed by atoms with Crippen LogP contribution in [0.3, 0.4) is 0 Å². The monoisotopic (exact) mass is 648 g/mol. The Bertz CT molecular complexity index is 1350. The van der Waals surface area contributed by atoms with Gasteiger partial charge < -0.3 is 35.6 Å². The van der Waals surface area contributed by atoms with E-state index in [2.05, 4.69) is 43.2 Å². The number of morpholine rings is 1. The number of anilines is 3. The number of ether oxygens (including phenoxy) is 2. The average molecular weight is 649 g/mol. The van der Waals surface area contributed by atoms with E-state index in [1.54, 1.807) is 18.2 Å². The van der Waals surface area contributed by atoms with Crippen LogP contribution in [0.2, 0.25) is 0 Å². The summed E-state index contributed by atoms with van der Waals surface area (Å²) in [6.07, 6.45) is 0.634. The summed E-state index contributed by atoms with van der Waals surface area (Å²) in [5, 5.41) is 12.0. The zero-order valence-electron chi connectivity index (χ0n) is 26.3. The van der Waals surface area contributed by atoms with Crippen molar-refractivity contribution in [3.8, 4) is 5.75 Å². The summed E-state index contributed by atoms with van der Waals surface area (Å²) in [4.78, 5) is 38.1. The number of nitrogens with one attached hydrogen (secondary N) is 4. The van der Waals surface area contributed by atoms with E-state index in [0.29, 0.717) is 56.1 Å². The fraction of sp³-hybridized carbons (Fsp3) is 0.613. The number of nitrogens with zero attached hydrogens (tertiary/aromatic N) is 4. The molecular weight excluding hydrogens is 605 g/mol. The number of carbonyl (C=O) groups excluding carboxylic acids is 2. The van der Waals surface area contributed by atoms with Crippen LogP contribution in [0.1, 0.15) is 54.4 Å². The van der Waals surface area contributed by atoms with Crippen LogP contribution in [0.5, 0.6) is 5.75 Å². The number of hydrogen-bond acceptors (Lipinski definition) is 10. The van der Waals surface area contributed by atoms with E-state index in [1.165, 1.54) is 7.11 Å². The van der Waals surface area contributed by atoms with Gasteiger partial charge in [0.15, 0.2) is 0 Å². The molecule has 1 aliphatic carbocycles. The Morgan fingerprint density at radius 2 is 1.74 bits per heavy atom. The summed E-state index contributed by atoms with van der Waals surface area (Å²) in [5.74, 6) is -0.546. The number of aromatic nitrogens is 2. The highest BCUT2D eigenvalue weighted by molar-refractivity contribution is 5.95. The molecule has 0 bridgehead atoms. The summed E-state index contributed by atoms with van der Waals surface area (Å²) in [5.41, 5.74) is -0.221. The van der Waals surface area contributed by atoms with Gasteiger partial charge in [0, 0.05) is 43.0 Å². The third-order valence-electron chi connectivity index (χ3n) is 8.76. The molecule has 2 atom stereocenters. The Morgan fingerprint density at radius 3 is 2.43 bits per heavy atom. The van der Waals surface area contributed by atoms with Crippen LogP contribution in [0.4, 0.5) is 30.6 Å². The van der Waals surface area contributed by atoms with Gasteiger partial charge in [-0.15, -0.1) is 0 Å². The molecule has 46 heavy (non-hydrogen) atoms. The minimum atomic E-state index is -4.70. The lowest BCUT2D eigenvalue weighted by Crippen LogP contribution is -2.52. The summed E-state index contributed by atoms with van der Waals surface area (Å²) in [6.45, 7) is 4.47. The van der Waals surface area contributed by atoms with Gasteiger partial charge in [-0.2, -0.15) is 18.2 Å². The third kappa shape index (κ3) is 8.97. The highest BCUT2D eigenvalue weighted by Gasteiger charge is 2.37. The molecule has 1 aromatic heterocycles. The van der Waals surface area contributed by atoms with Crippen molar-refractivity contribution in [1.29, 1.82) is 0 Å². The van der Waals surface area contributed by atoms with Crippen molar-refractivity contribution in [1.82, 2.24) is 30.4 Å². The second kappa shape index (κ2) is 15.3. The first-order valence-electron chi connectivity index (χ1n) is 15.8. The minimum absolute atomic E-state index is 0.0824. The molecule has 2 amide bonds. The van der Waals surface area contributed by atoms with E-state index in [4.69, 9.17) is 9.47 Å². The summed E-state index contributed by atoms with van der Waals surface area (Å²) >= 11 is 0. The number of benzene rings is 1. The zero-order valence-corrected chi connectivity index (χ0v) is 26.3. The third-order valence-corrected chi connectivity index (χ3v) is 8.76. The molecule has 0 spiro atoms. The first-order chi connectivity index (χ1) is 22.1. The molecule has 2 saturated heterocycles. The van der Waals surface area contributed by atoms with Crippen LogP contribution >= 0.6 is 0 Å². The second-order valence-corrected chi connectivity index (χ2v) is 12.1.